The minimum atomic E-state index is -0.0530. The standard InChI is InChI=1S/C15H12N2O.ClH/c1-11(18)16-13-6-8-15-12(10-13)5-7-14-4-2-3-9-17(14)15;/h2-10H,1H3;1H. The number of carbonyl (C=O) groups is 1. The molecule has 19 heavy (non-hydrogen) atoms. The molecule has 2 aromatic heterocycles. The first-order chi connectivity index (χ1) is 8.74. The summed E-state index contributed by atoms with van der Waals surface area (Å²) >= 11 is 0. The first-order valence-corrected chi connectivity index (χ1v) is 5.85. The Balaban J connectivity index is 0.00000133. The van der Waals surface area contributed by atoms with Crippen molar-refractivity contribution in [2.24, 2.45) is 0 Å². The van der Waals surface area contributed by atoms with E-state index in [1.165, 1.54) is 6.92 Å². The number of benzene rings is 1. The molecule has 0 aliphatic carbocycles. The Morgan fingerprint density at radius 1 is 1.11 bits per heavy atom. The molecule has 0 atom stereocenters. The SMILES string of the molecule is CC(=O)Nc1ccc2c(ccc3cccc[n+]32)c1.[Cl-]. The van der Waals surface area contributed by atoms with Gasteiger partial charge in [0.2, 0.25) is 16.9 Å². The number of aromatic nitrogens is 1. The Kier molecular flexibility index (Phi) is 3.67. The second-order valence-electron chi connectivity index (χ2n) is 4.28. The fourth-order valence-electron chi connectivity index (χ4n) is 2.18. The van der Waals surface area contributed by atoms with Gasteiger partial charge in [-0.1, -0.05) is 0 Å². The molecule has 0 saturated heterocycles. The summed E-state index contributed by atoms with van der Waals surface area (Å²) in [5, 5.41) is 3.90. The number of hydrogen-bond donors (Lipinski definition) is 1. The van der Waals surface area contributed by atoms with E-state index < -0.39 is 0 Å². The van der Waals surface area contributed by atoms with Gasteiger partial charge in [-0.15, -0.1) is 0 Å². The number of fused-ring (bicyclic) bond motifs is 3. The van der Waals surface area contributed by atoms with Gasteiger partial charge in [0.1, 0.15) is 0 Å². The van der Waals surface area contributed by atoms with Crippen molar-refractivity contribution in [2.75, 3.05) is 5.32 Å². The summed E-state index contributed by atoms with van der Waals surface area (Å²) in [6.07, 6.45) is 2.04. The number of pyridine rings is 2. The lowest BCUT2D eigenvalue weighted by molar-refractivity contribution is -0.481. The normalized spacial score (nSPS) is 10.2. The number of anilines is 1. The molecule has 2 heterocycles. The Hall–Kier alpha value is -2.13. The number of carbonyl (C=O) groups excluding carboxylic acids is 1. The van der Waals surface area contributed by atoms with Gasteiger partial charge in [-0.3, -0.25) is 4.79 Å². The molecule has 3 rings (SSSR count). The van der Waals surface area contributed by atoms with E-state index in [1.807, 2.05) is 36.5 Å². The molecule has 96 valence electrons. The largest absolute Gasteiger partial charge is 1.00 e. The summed E-state index contributed by atoms with van der Waals surface area (Å²) in [5.74, 6) is -0.0530. The number of nitrogens with zero attached hydrogens (tertiary/aromatic N) is 1. The molecular weight excluding hydrogens is 260 g/mol. The zero-order valence-electron chi connectivity index (χ0n) is 10.4. The highest BCUT2D eigenvalue weighted by molar-refractivity contribution is 5.91. The summed E-state index contributed by atoms with van der Waals surface area (Å²) in [5.41, 5.74) is 3.10. The quantitative estimate of drug-likeness (QED) is 0.472. The molecule has 3 nitrogen and oxygen atoms in total. The smallest absolute Gasteiger partial charge is 0.221 e. The van der Waals surface area contributed by atoms with E-state index in [0.717, 1.165) is 22.1 Å². The van der Waals surface area contributed by atoms with Crippen LogP contribution in [0.4, 0.5) is 5.69 Å². The van der Waals surface area contributed by atoms with Crippen LogP contribution in [-0.4, -0.2) is 5.91 Å². The fraction of sp³-hybridized carbons (Fsp3) is 0.0667. The van der Waals surface area contributed by atoms with Crippen LogP contribution in [0.2, 0.25) is 0 Å². The summed E-state index contributed by atoms with van der Waals surface area (Å²) < 4.78 is 2.13. The predicted molar refractivity (Wildman–Crippen MR) is 71.4 cm³/mol. The molecule has 0 unspecified atom stereocenters. The van der Waals surface area contributed by atoms with Gasteiger partial charge in [-0.05, 0) is 24.3 Å². The first-order valence-electron chi connectivity index (χ1n) is 5.85. The van der Waals surface area contributed by atoms with Crippen LogP contribution in [0.15, 0.2) is 54.7 Å². The van der Waals surface area contributed by atoms with Crippen molar-refractivity contribution < 1.29 is 21.6 Å². The third-order valence-corrected chi connectivity index (χ3v) is 2.93. The Labute approximate surface area is 117 Å². The number of amides is 1. The highest BCUT2D eigenvalue weighted by atomic mass is 35.5. The van der Waals surface area contributed by atoms with Crippen LogP contribution in [0.5, 0.6) is 0 Å². The van der Waals surface area contributed by atoms with Crippen LogP contribution >= 0.6 is 0 Å². The Bertz CT molecular complexity index is 755. The van der Waals surface area contributed by atoms with E-state index in [-0.39, 0.29) is 18.3 Å². The molecule has 3 aromatic rings. The zero-order chi connectivity index (χ0) is 12.5. The second-order valence-corrected chi connectivity index (χ2v) is 4.28. The number of rotatable bonds is 1. The highest BCUT2D eigenvalue weighted by Crippen LogP contribution is 2.17. The van der Waals surface area contributed by atoms with Gasteiger partial charge in [0.25, 0.3) is 0 Å². The van der Waals surface area contributed by atoms with Gasteiger partial charge in [0.15, 0.2) is 6.20 Å². The van der Waals surface area contributed by atoms with E-state index in [0.29, 0.717) is 0 Å². The van der Waals surface area contributed by atoms with Gasteiger partial charge in [0.05, 0.1) is 0 Å². The minimum absolute atomic E-state index is 0. The number of halogens is 1. The third-order valence-electron chi connectivity index (χ3n) is 2.93. The fourth-order valence-corrected chi connectivity index (χ4v) is 2.18. The van der Waals surface area contributed by atoms with E-state index in [1.54, 1.807) is 0 Å². The van der Waals surface area contributed by atoms with Crippen LogP contribution < -0.4 is 22.1 Å². The molecule has 0 saturated carbocycles. The molecule has 4 heteroatoms. The maximum absolute atomic E-state index is 11.0. The predicted octanol–water partition coefficient (Wildman–Crippen LogP) is -0.459. The van der Waals surface area contributed by atoms with Crippen molar-refractivity contribution in [2.45, 2.75) is 6.92 Å². The van der Waals surface area contributed by atoms with Crippen molar-refractivity contribution in [1.29, 1.82) is 0 Å². The van der Waals surface area contributed by atoms with Crippen molar-refractivity contribution >= 4 is 28.0 Å². The zero-order valence-corrected chi connectivity index (χ0v) is 11.2. The van der Waals surface area contributed by atoms with Crippen LogP contribution in [0.3, 0.4) is 0 Å². The second kappa shape index (κ2) is 5.24. The maximum atomic E-state index is 11.0. The number of nitrogens with one attached hydrogen (secondary N) is 1. The van der Waals surface area contributed by atoms with E-state index in [9.17, 15) is 4.79 Å². The van der Waals surface area contributed by atoms with Crippen molar-refractivity contribution in [3.63, 3.8) is 0 Å². The van der Waals surface area contributed by atoms with Crippen molar-refractivity contribution in [3.05, 3.63) is 54.7 Å². The Morgan fingerprint density at radius 3 is 2.74 bits per heavy atom. The molecule has 0 radical (unpaired) electrons. The highest BCUT2D eigenvalue weighted by Gasteiger charge is 2.08. The summed E-state index contributed by atoms with van der Waals surface area (Å²) in [6, 6.07) is 16.2. The van der Waals surface area contributed by atoms with Gasteiger partial charge < -0.3 is 17.7 Å². The molecule has 1 amide bonds. The van der Waals surface area contributed by atoms with Crippen molar-refractivity contribution in [1.82, 2.24) is 0 Å². The minimum Gasteiger partial charge on any atom is -1.00 e. The van der Waals surface area contributed by atoms with E-state index >= 15 is 0 Å². The summed E-state index contributed by atoms with van der Waals surface area (Å²) in [6.45, 7) is 1.51. The average Bonchev–Trinajstić information content (AvgIpc) is 2.37. The monoisotopic (exact) mass is 272 g/mol. The molecule has 0 spiro atoms. The molecule has 0 aliphatic rings. The Morgan fingerprint density at radius 2 is 1.95 bits per heavy atom. The van der Waals surface area contributed by atoms with Crippen LogP contribution in [0, 0.1) is 0 Å². The van der Waals surface area contributed by atoms with E-state index in [2.05, 4.69) is 27.9 Å². The first kappa shape index (κ1) is 13.3. The summed E-state index contributed by atoms with van der Waals surface area (Å²) in [4.78, 5) is 11.0. The average molecular weight is 273 g/mol. The summed E-state index contributed by atoms with van der Waals surface area (Å²) in [7, 11) is 0. The lowest BCUT2D eigenvalue weighted by Gasteiger charge is -2.02. The molecular formula is C15H13ClN2O. The topological polar surface area (TPSA) is 33.2 Å². The van der Waals surface area contributed by atoms with Crippen molar-refractivity contribution in [3.8, 4) is 0 Å². The molecule has 0 aliphatic heterocycles. The molecule has 0 fully saturated rings. The van der Waals surface area contributed by atoms with Gasteiger partial charge in [-0.2, -0.15) is 4.40 Å². The molecule has 1 aromatic carbocycles. The molecule has 0 bridgehead atoms. The van der Waals surface area contributed by atoms with Crippen LogP contribution in [0.25, 0.3) is 16.4 Å². The lowest BCUT2D eigenvalue weighted by atomic mass is 10.1. The van der Waals surface area contributed by atoms with Gasteiger partial charge >= 0.3 is 0 Å². The lowest BCUT2D eigenvalue weighted by Crippen LogP contribution is -3.00. The van der Waals surface area contributed by atoms with Crippen LogP contribution in [-0.2, 0) is 4.79 Å². The van der Waals surface area contributed by atoms with Gasteiger partial charge in [-0.25, -0.2) is 0 Å². The maximum Gasteiger partial charge on any atom is 0.221 e. The van der Waals surface area contributed by atoms with E-state index in [4.69, 9.17) is 0 Å². The number of hydrogen-bond acceptors (Lipinski definition) is 1. The van der Waals surface area contributed by atoms with Crippen LogP contribution in [0.1, 0.15) is 6.92 Å². The van der Waals surface area contributed by atoms with Gasteiger partial charge in [0, 0.05) is 42.3 Å². The molecule has 1 N–H and O–H groups in total. The third kappa shape index (κ3) is 2.51.